The molecule has 32 heavy (non-hydrogen) atoms. The Bertz CT molecular complexity index is 752. The molecule has 0 heterocycles. The fourth-order valence-electron chi connectivity index (χ4n) is 3.05. The summed E-state index contributed by atoms with van der Waals surface area (Å²) in [5.41, 5.74) is 2.79. The smallest absolute Gasteiger partial charge is 0.290 e. The van der Waals surface area contributed by atoms with Gasteiger partial charge in [0.2, 0.25) is 6.29 Å². The Labute approximate surface area is 190 Å². The van der Waals surface area contributed by atoms with E-state index in [9.17, 15) is 9.59 Å². The van der Waals surface area contributed by atoms with Crippen molar-refractivity contribution in [1.82, 2.24) is 0 Å². The Morgan fingerprint density at radius 2 is 1.06 bits per heavy atom. The number of carbonyl (C=O) groups is 2. The zero-order chi connectivity index (χ0) is 23.2. The van der Waals surface area contributed by atoms with Crippen molar-refractivity contribution in [2.45, 2.75) is 78.4 Å². The molecule has 0 aromatic heterocycles. The SMILES string of the molecule is CCCCCCCCCC(OOC(=O)c1ccc(C)cc1)OOC(=O)c1ccc(C)cc1. The lowest BCUT2D eigenvalue weighted by Crippen LogP contribution is -2.22. The summed E-state index contributed by atoms with van der Waals surface area (Å²) in [6.45, 7) is 6.05. The van der Waals surface area contributed by atoms with Crippen LogP contribution >= 0.6 is 0 Å². The predicted octanol–water partition coefficient (Wildman–Crippen LogP) is 6.65. The van der Waals surface area contributed by atoms with Gasteiger partial charge >= 0.3 is 11.9 Å². The van der Waals surface area contributed by atoms with Crippen LogP contribution in [0.1, 0.15) is 90.1 Å². The summed E-state index contributed by atoms with van der Waals surface area (Å²) in [4.78, 5) is 44.7. The van der Waals surface area contributed by atoms with Crippen molar-refractivity contribution in [1.29, 1.82) is 0 Å². The quantitative estimate of drug-likeness (QED) is 0.141. The molecule has 0 spiro atoms. The van der Waals surface area contributed by atoms with Crippen molar-refractivity contribution in [3.63, 3.8) is 0 Å². The van der Waals surface area contributed by atoms with Crippen LogP contribution in [0.25, 0.3) is 0 Å². The second-order valence-corrected chi connectivity index (χ2v) is 8.01. The average molecular weight is 443 g/mol. The fourth-order valence-corrected chi connectivity index (χ4v) is 3.05. The number of aryl methyl sites for hydroxylation is 2. The first-order valence-corrected chi connectivity index (χ1v) is 11.4. The van der Waals surface area contributed by atoms with Gasteiger partial charge in [-0.1, -0.05) is 80.8 Å². The third-order valence-electron chi connectivity index (χ3n) is 5.08. The molecule has 174 valence electrons. The highest BCUT2D eigenvalue weighted by atomic mass is 17.3. The van der Waals surface area contributed by atoms with Gasteiger partial charge in [-0.2, -0.15) is 0 Å². The molecule has 6 nitrogen and oxygen atoms in total. The first-order valence-electron chi connectivity index (χ1n) is 11.4. The van der Waals surface area contributed by atoms with E-state index in [1.54, 1.807) is 24.3 Å². The van der Waals surface area contributed by atoms with Crippen molar-refractivity contribution in [2.75, 3.05) is 0 Å². The Hall–Kier alpha value is -2.70. The van der Waals surface area contributed by atoms with E-state index in [1.807, 2.05) is 38.1 Å². The molecule has 0 N–H and O–H groups in total. The van der Waals surface area contributed by atoms with Crippen LogP contribution in [0.3, 0.4) is 0 Å². The van der Waals surface area contributed by atoms with Gasteiger partial charge in [0.1, 0.15) is 0 Å². The number of unbranched alkanes of at least 4 members (excludes halogenated alkanes) is 6. The first-order chi connectivity index (χ1) is 15.5. The summed E-state index contributed by atoms with van der Waals surface area (Å²) in [6, 6.07) is 13.9. The molecule has 0 radical (unpaired) electrons. The molecule has 0 fully saturated rings. The molecule has 0 saturated heterocycles. The summed E-state index contributed by atoms with van der Waals surface area (Å²) in [7, 11) is 0. The van der Waals surface area contributed by atoms with Crippen LogP contribution in [0, 0.1) is 13.8 Å². The molecule has 0 bridgehead atoms. The van der Waals surface area contributed by atoms with Gasteiger partial charge < -0.3 is 0 Å². The number of rotatable bonds is 14. The Morgan fingerprint density at radius 1 is 0.656 bits per heavy atom. The molecule has 0 saturated carbocycles. The van der Waals surface area contributed by atoms with Gasteiger partial charge in [-0.15, -0.1) is 9.78 Å². The zero-order valence-electron chi connectivity index (χ0n) is 19.3. The monoisotopic (exact) mass is 442 g/mol. The number of hydrogen-bond acceptors (Lipinski definition) is 6. The van der Waals surface area contributed by atoms with Crippen molar-refractivity contribution in [3.05, 3.63) is 70.8 Å². The van der Waals surface area contributed by atoms with Crippen molar-refractivity contribution < 1.29 is 29.1 Å². The van der Waals surface area contributed by atoms with Crippen LogP contribution in [0.2, 0.25) is 0 Å². The van der Waals surface area contributed by atoms with Gasteiger partial charge in [-0.25, -0.2) is 9.59 Å². The molecule has 0 aliphatic rings. The predicted molar refractivity (Wildman–Crippen MR) is 122 cm³/mol. The molecule has 0 amide bonds. The topological polar surface area (TPSA) is 71.1 Å². The lowest BCUT2D eigenvalue weighted by molar-refractivity contribution is -0.421. The van der Waals surface area contributed by atoms with Gasteiger partial charge in [0.05, 0.1) is 11.1 Å². The molecule has 0 aliphatic heterocycles. The van der Waals surface area contributed by atoms with Crippen LogP contribution in [0.15, 0.2) is 48.5 Å². The van der Waals surface area contributed by atoms with E-state index in [0.717, 1.165) is 30.4 Å². The zero-order valence-corrected chi connectivity index (χ0v) is 19.3. The Morgan fingerprint density at radius 3 is 1.50 bits per heavy atom. The molecule has 2 aromatic carbocycles. The molecule has 0 aliphatic carbocycles. The number of carbonyl (C=O) groups excluding carboxylic acids is 2. The summed E-state index contributed by atoms with van der Waals surface area (Å²) < 4.78 is 0. The number of hydrogen-bond donors (Lipinski definition) is 0. The molecular weight excluding hydrogens is 408 g/mol. The maximum atomic E-state index is 12.2. The van der Waals surface area contributed by atoms with E-state index in [0.29, 0.717) is 17.5 Å². The molecule has 2 aromatic rings. The summed E-state index contributed by atoms with van der Waals surface area (Å²) >= 11 is 0. The minimum absolute atomic E-state index is 0.363. The van der Waals surface area contributed by atoms with Crippen LogP contribution in [-0.4, -0.2) is 18.2 Å². The summed E-state index contributed by atoms with van der Waals surface area (Å²) in [6.07, 6.45) is 7.19. The van der Waals surface area contributed by atoms with Crippen molar-refractivity contribution in [3.8, 4) is 0 Å². The van der Waals surface area contributed by atoms with Gasteiger partial charge in [0.15, 0.2) is 0 Å². The summed E-state index contributed by atoms with van der Waals surface area (Å²) in [5, 5.41) is 0. The van der Waals surface area contributed by atoms with E-state index < -0.39 is 18.2 Å². The summed E-state index contributed by atoms with van der Waals surface area (Å²) in [5.74, 6) is -1.27. The molecule has 0 unspecified atom stereocenters. The lowest BCUT2D eigenvalue weighted by atomic mass is 10.1. The minimum Gasteiger partial charge on any atom is -0.290 e. The highest BCUT2D eigenvalue weighted by molar-refractivity contribution is 5.89. The first kappa shape index (κ1) is 25.6. The van der Waals surface area contributed by atoms with Gasteiger partial charge in [-0.3, -0.25) is 9.78 Å². The van der Waals surface area contributed by atoms with Crippen LogP contribution in [0.4, 0.5) is 0 Å². The van der Waals surface area contributed by atoms with Gasteiger partial charge in [0.25, 0.3) is 0 Å². The standard InChI is InChI=1S/C26H34O6/c1-4-5-6-7-8-9-10-11-24(29-31-25(27)22-16-12-20(2)13-17-22)30-32-26(28)23-18-14-21(3)15-19-23/h12-19,24H,4-11H2,1-3H3. The second kappa shape index (κ2) is 14.4. The molecule has 6 heteroatoms. The Balaban J connectivity index is 1.84. The molecule has 0 atom stereocenters. The average Bonchev–Trinajstić information content (AvgIpc) is 2.80. The van der Waals surface area contributed by atoms with Crippen molar-refractivity contribution >= 4 is 11.9 Å². The van der Waals surface area contributed by atoms with Gasteiger partial charge in [0, 0.05) is 6.42 Å². The Kier molecular flexibility index (Phi) is 11.5. The minimum atomic E-state index is -1.01. The van der Waals surface area contributed by atoms with E-state index in [2.05, 4.69) is 6.92 Å². The van der Waals surface area contributed by atoms with E-state index in [1.165, 1.54) is 25.7 Å². The van der Waals surface area contributed by atoms with Crippen molar-refractivity contribution in [2.24, 2.45) is 0 Å². The highest BCUT2D eigenvalue weighted by Gasteiger charge is 2.19. The van der Waals surface area contributed by atoms with E-state index in [4.69, 9.17) is 19.6 Å². The molecule has 2 rings (SSSR count). The third-order valence-corrected chi connectivity index (χ3v) is 5.08. The van der Waals surface area contributed by atoms with Crippen LogP contribution in [0.5, 0.6) is 0 Å². The maximum Gasteiger partial charge on any atom is 0.373 e. The van der Waals surface area contributed by atoms with Gasteiger partial charge in [-0.05, 0) is 44.5 Å². The fraction of sp³-hybridized carbons (Fsp3) is 0.462. The van der Waals surface area contributed by atoms with Crippen LogP contribution in [-0.2, 0) is 19.6 Å². The normalized spacial score (nSPS) is 10.9. The van der Waals surface area contributed by atoms with E-state index in [-0.39, 0.29) is 0 Å². The lowest BCUT2D eigenvalue weighted by Gasteiger charge is -2.15. The third kappa shape index (κ3) is 9.62. The maximum absolute atomic E-state index is 12.2. The largest absolute Gasteiger partial charge is 0.373 e. The second-order valence-electron chi connectivity index (χ2n) is 8.01. The molecular formula is C26H34O6. The number of benzene rings is 2. The van der Waals surface area contributed by atoms with E-state index >= 15 is 0 Å². The van der Waals surface area contributed by atoms with Crippen LogP contribution < -0.4 is 0 Å². The highest BCUT2D eigenvalue weighted by Crippen LogP contribution is 2.15.